The Hall–Kier alpha value is -2.18. The number of nitrogens with zero attached hydrogens (tertiary/aromatic N) is 18. The van der Waals surface area contributed by atoms with Gasteiger partial charge < -0.3 is 14.7 Å². The predicted octanol–water partition coefficient (Wildman–Crippen LogP) is 19.6. The van der Waals surface area contributed by atoms with E-state index in [9.17, 15) is 34.3 Å². The predicted molar refractivity (Wildman–Crippen MR) is 647 cm³/mol. The third-order valence-electron chi connectivity index (χ3n) is 37.0. The molecule has 0 radical (unpaired) electrons. The van der Waals surface area contributed by atoms with Crippen LogP contribution in [0, 0.1) is 38.9 Å². The fourth-order valence-electron chi connectivity index (χ4n) is 26.5. The molecule has 18 saturated heterocycles. The normalized spacial score (nSPS) is 27.8. The molecular formula is C119H246N18O8S4. The van der Waals surface area contributed by atoms with E-state index in [-0.39, 0.29) is 85.5 Å². The van der Waals surface area contributed by atoms with Crippen molar-refractivity contribution in [1.82, 2.24) is 85.8 Å². The van der Waals surface area contributed by atoms with Gasteiger partial charge in [-0.15, -0.1) is 0 Å². The number of fused-ring (bicyclic) bond motifs is 5. The first kappa shape index (κ1) is 141. The molecule has 18 aliphatic rings. The van der Waals surface area contributed by atoms with Crippen molar-refractivity contribution in [2.24, 2.45) is 38.9 Å². The Bertz CT molecular complexity index is 4470. The number of amides is 1. The number of hydrogen-bond donors (Lipinski definition) is 0. The number of likely N-dealkylation sites (tertiary alicyclic amines) is 9. The number of carbonyl (C=O) groups is 1. The highest BCUT2D eigenvalue weighted by atomic mass is 32.2. The van der Waals surface area contributed by atoms with Gasteiger partial charge in [-0.05, 0) is 403 Å². The lowest BCUT2D eigenvalue weighted by atomic mass is 9.70. The van der Waals surface area contributed by atoms with Crippen molar-refractivity contribution < 1.29 is 34.3 Å². The Morgan fingerprint density at radius 3 is 0.819 bits per heavy atom. The summed E-state index contributed by atoms with van der Waals surface area (Å²) in [6.45, 7) is 114. The lowest BCUT2D eigenvalue weighted by Gasteiger charge is -2.58. The molecule has 0 saturated carbocycles. The lowest BCUT2D eigenvalue weighted by molar-refractivity contribution is -0.131. The first-order valence-corrected chi connectivity index (χ1v) is 63.6. The summed E-state index contributed by atoms with van der Waals surface area (Å²) in [5, 5.41) is 0. The number of rotatable bonds is 6. The highest BCUT2D eigenvalue weighted by molar-refractivity contribution is 7.97. The molecule has 0 aromatic heterocycles. The SMILES string of the molecule is C.C.C.C.C.C.C.C=C(C)N1CC2(CCN(C(C)(C)C)CC2)C1.C=C(C)N1CCC2(CC1)CN(C(C)(C)C)C2.C=S(C)(=O)N1CCC2(CCN(C(C)(C)C)C2)CC1.CC(=O)N1CCC2(CC1)CCN(C(C)(C)C)C2.CC(C)(C)N1C2CCC1CN(S(C)(=O)=O)C2.CC(C)(C)N1CC2CN(S(C)(=O)=O)CC2C1.CC(C)(C)N1CCC2(CC1)CN(S(C)(=O)=O)C2.CC(C)(C)N1CCN2CCC[C@@H]2C1.CC(C)(C)N1CCN2CCC[C@H]2C1. The van der Waals surface area contributed by atoms with Crippen LogP contribution < -0.4 is 0 Å². The van der Waals surface area contributed by atoms with Crippen LogP contribution in [0.1, 0.15) is 375 Å². The Morgan fingerprint density at radius 2 is 0.523 bits per heavy atom. The highest BCUT2D eigenvalue weighted by Crippen LogP contribution is 2.50. The summed E-state index contributed by atoms with van der Waals surface area (Å²) in [4.78, 5) is 46.8. The molecule has 2 bridgehead atoms. The summed E-state index contributed by atoms with van der Waals surface area (Å²) in [6, 6.07) is 2.56. The van der Waals surface area contributed by atoms with Gasteiger partial charge in [0.15, 0.2) is 0 Å². The van der Waals surface area contributed by atoms with Crippen molar-refractivity contribution in [1.29, 1.82) is 0 Å². The summed E-state index contributed by atoms with van der Waals surface area (Å²) in [5.41, 5.74) is 7.62. The van der Waals surface area contributed by atoms with E-state index in [0.717, 1.165) is 116 Å². The molecule has 0 aromatic carbocycles. The number of allylic oxidation sites excluding steroid dienone is 2. The van der Waals surface area contributed by atoms with E-state index in [1.54, 1.807) is 26.1 Å². The van der Waals surface area contributed by atoms with Gasteiger partial charge in [0.1, 0.15) is 0 Å². The average molecular weight is 2190 g/mol. The monoisotopic (exact) mass is 2180 g/mol. The maximum absolute atomic E-state index is 12.0. The van der Waals surface area contributed by atoms with Gasteiger partial charge in [0.25, 0.3) is 0 Å². The van der Waals surface area contributed by atoms with E-state index < -0.39 is 39.8 Å². The molecule has 0 aromatic rings. The Kier molecular flexibility index (Phi) is 50.7. The molecule has 18 aliphatic heterocycles. The van der Waals surface area contributed by atoms with Crippen molar-refractivity contribution in [3.63, 3.8) is 0 Å². The molecule has 18 rings (SSSR count). The molecule has 26 nitrogen and oxygen atoms in total. The van der Waals surface area contributed by atoms with Crippen LogP contribution in [0.5, 0.6) is 0 Å². The van der Waals surface area contributed by atoms with Crippen molar-refractivity contribution in [3.8, 4) is 0 Å². The van der Waals surface area contributed by atoms with Gasteiger partial charge in [0, 0.05) is 289 Å². The summed E-state index contributed by atoms with van der Waals surface area (Å²) in [6.07, 6.45) is 28.7. The molecular weight excluding hydrogens is 1940 g/mol. The Balaban J connectivity index is 0.000000428. The van der Waals surface area contributed by atoms with E-state index in [1.807, 2.05) is 4.90 Å². The van der Waals surface area contributed by atoms with Crippen molar-refractivity contribution in [2.75, 3.05) is 248 Å². The van der Waals surface area contributed by atoms with Crippen LogP contribution in [0.25, 0.3) is 0 Å². The topological polar surface area (TPSA) is 195 Å². The third-order valence-corrected chi connectivity index (χ3v) is 42.1. The van der Waals surface area contributed by atoms with E-state index in [0.29, 0.717) is 86.4 Å². The smallest absolute Gasteiger partial charge is 0.219 e. The van der Waals surface area contributed by atoms with E-state index in [2.05, 4.69) is 288 Å². The van der Waals surface area contributed by atoms with Crippen molar-refractivity contribution >= 4 is 51.6 Å². The first-order valence-electron chi connectivity index (χ1n) is 56.0. The van der Waals surface area contributed by atoms with Crippen LogP contribution in [0.4, 0.5) is 0 Å². The molecule has 0 aliphatic carbocycles. The average Bonchev–Trinajstić information content (AvgIpc) is 1.35. The van der Waals surface area contributed by atoms with Gasteiger partial charge in [-0.25, -0.2) is 38.2 Å². The van der Waals surface area contributed by atoms with Gasteiger partial charge in [0.2, 0.25) is 36.0 Å². The van der Waals surface area contributed by atoms with E-state index in [4.69, 9.17) is 0 Å². The fourth-order valence-corrected chi connectivity index (χ4v) is 30.3. The second-order valence-corrected chi connectivity index (χ2v) is 65.8. The molecule has 149 heavy (non-hydrogen) atoms. The summed E-state index contributed by atoms with van der Waals surface area (Å²) in [7, 11) is -11.0. The molecule has 7 atom stereocenters. The maximum Gasteiger partial charge on any atom is 0.219 e. The maximum atomic E-state index is 12.0. The second-order valence-electron chi connectivity index (χ2n) is 57.4. The number of carbonyl (C=O) groups excluding carboxylic acids is 1. The van der Waals surface area contributed by atoms with Crippen LogP contribution >= 0.6 is 0 Å². The molecule has 30 heteroatoms. The number of piperidine rings is 5. The van der Waals surface area contributed by atoms with Crippen molar-refractivity contribution in [2.45, 2.75) is 449 Å². The Morgan fingerprint density at radius 1 is 0.248 bits per heavy atom. The van der Waals surface area contributed by atoms with E-state index in [1.165, 1.54) is 251 Å². The van der Waals surface area contributed by atoms with Crippen LogP contribution in [0.15, 0.2) is 24.6 Å². The molecule has 884 valence electrons. The molecule has 5 spiro atoms. The van der Waals surface area contributed by atoms with Crippen LogP contribution in [0.3, 0.4) is 0 Å². The number of hydrogen-bond acceptors (Lipinski definition) is 21. The van der Waals surface area contributed by atoms with Gasteiger partial charge in [0.05, 0.1) is 18.8 Å². The number of piperazine rings is 3. The largest absolute Gasteiger partial charge is 0.375 e. The molecule has 1 amide bonds. The third kappa shape index (κ3) is 38.8. The quantitative estimate of drug-likeness (QED) is 0.228. The van der Waals surface area contributed by atoms with Gasteiger partial charge in [-0.3, -0.25) is 62.9 Å². The van der Waals surface area contributed by atoms with E-state index >= 15 is 0 Å². The Labute approximate surface area is 925 Å². The first-order chi connectivity index (χ1) is 64.7. The summed E-state index contributed by atoms with van der Waals surface area (Å²) >= 11 is 0. The zero-order valence-corrected chi connectivity index (χ0v) is 101. The summed E-state index contributed by atoms with van der Waals surface area (Å²) in [5.74, 6) is 5.12. The fraction of sp³-hybridized carbons (Fsp3) is 0.950. The summed E-state index contributed by atoms with van der Waals surface area (Å²) < 4.78 is 87.8. The minimum atomic E-state index is -3.01. The zero-order valence-electron chi connectivity index (χ0n) is 97.8. The second kappa shape index (κ2) is 53.6. The standard InChI is InChI=1S/C14H28N2OS.C14H26N2O.2C14H26N2.C12H24N2O2S.2C11H22N2O2S.2C11H22N2.7CH4/c1-13(2,3)15-9-6-14(12-15)7-10-16(11-8-14)18(4,5)17;1-12(17)15-8-5-14(6-9-15)7-10-16(11-14)13(2,3)4;1-12(2)15-10-14(11-15)6-8-16(9-7-14)13(3,4)5;1-12(2)15-8-6-14(7-9-15)10-16(11-14)13(3,4)5;1-11(2,3)13-7-5-12(6-8-13)9-14(10-12)17(4,15)16;1-11(2,3)12-5-9-7-13(16(4,14)15)8-10(9)6-12;1-11(2,3)13-9-5-6-10(13)8-12(7-9)16(4,14)15;2*1-11(2,3)13-8-7-12-6-4-5-10(12)9-13;;;;;;;/h4,6-12H2,1-3,5H3;5-11H2,1-4H3;2*1,6-11H2,2-5H3;5-10H2,1-4H3;2*9-10H,5-8H2,1-4H3;2*10H,4-9H2,1-3H3;7*1H4/t;;;;;;;2*10-;;;;;;;/m.......10......./s1. The molecule has 18 fully saturated rings. The van der Waals surface area contributed by atoms with Crippen LogP contribution in [0.2, 0.25) is 0 Å². The molecule has 0 N–H and O–H groups in total. The van der Waals surface area contributed by atoms with Gasteiger partial charge >= 0.3 is 0 Å². The highest BCUT2D eigenvalue weighted by Gasteiger charge is 2.54. The van der Waals surface area contributed by atoms with Crippen LogP contribution in [-0.4, -0.2) is 449 Å². The minimum absolute atomic E-state index is 0. The van der Waals surface area contributed by atoms with Gasteiger partial charge in [-0.1, -0.05) is 65.1 Å². The van der Waals surface area contributed by atoms with Crippen molar-refractivity contribution in [3.05, 3.63) is 24.6 Å². The molecule has 5 unspecified atom stereocenters. The van der Waals surface area contributed by atoms with Gasteiger partial charge in [-0.2, -0.15) is 4.31 Å². The minimum Gasteiger partial charge on any atom is -0.375 e. The number of sulfonamides is 3. The molecule has 18 heterocycles. The zero-order chi connectivity index (χ0) is 106. The lowest BCUT2D eigenvalue weighted by Crippen LogP contribution is -2.65. The van der Waals surface area contributed by atoms with Crippen LogP contribution in [-0.2, 0) is 44.6 Å².